The molecule has 186 valence electrons. The van der Waals surface area contributed by atoms with Crippen LogP contribution in [0.5, 0.6) is 17.2 Å². The summed E-state index contributed by atoms with van der Waals surface area (Å²) in [5.41, 5.74) is 2.49. The average Bonchev–Trinajstić information content (AvgIpc) is 2.90. The molecule has 3 aliphatic rings. The quantitative estimate of drug-likeness (QED) is 0.562. The molecule has 3 aliphatic heterocycles. The summed E-state index contributed by atoms with van der Waals surface area (Å²) in [4.78, 5) is 45.6. The van der Waals surface area contributed by atoms with Crippen molar-refractivity contribution >= 4 is 11.8 Å². The summed E-state index contributed by atoms with van der Waals surface area (Å²) in [6, 6.07) is 10.9. The number of aromatic amines is 1. The Morgan fingerprint density at radius 2 is 2.08 bits per heavy atom. The summed E-state index contributed by atoms with van der Waals surface area (Å²) in [5.74, 6) is 1.06. The number of fused-ring (bicyclic) bond motifs is 8. The van der Waals surface area contributed by atoms with Gasteiger partial charge in [0.1, 0.15) is 11.4 Å². The lowest BCUT2D eigenvalue weighted by molar-refractivity contribution is -0.123. The van der Waals surface area contributed by atoms with Gasteiger partial charge in [0, 0.05) is 19.3 Å². The van der Waals surface area contributed by atoms with E-state index < -0.39 is 6.04 Å². The van der Waals surface area contributed by atoms with Crippen LogP contribution in [0.4, 0.5) is 0 Å². The molecule has 2 aromatic carbocycles. The fraction of sp³-hybridized carbons (Fsp3) is 0.308. The van der Waals surface area contributed by atoms with Crippen molar-refractivity contribution in [1.29, 1.82) is 0 Å². The molecule has 0 saturated carbocycles. The van der Waals surface area contributed by atoms with Crippen molar-refractivity contribution in [3.05, 3.63) is 81.5 Å². The van der Waals surface area contributed by atoms with E-state index in [1.165, 1.54) is 13.3 Å². The third-order valence-corrected chi connectivity index (χ3v) is 6.25. The van der Waals surface area contributed by atoms with E-state index >= 15 is 0 Å². The van der Waals surface area contributed by atoms with E-state index in [4.69, 9.17) is 14.2 Å². The van der Waals surface area contributed by atoms with Gasteiger partial charge in [-0.3, -0.25) is 14.4 Å². The number of methoxy groups -OCH3 is 1. The largest absolute Gasteiger partial charge is 0.494 e. The molecule has 36 heavy (non-hydrogen) atoms. The maximum atomic E-state index is 13.6. The Labute approximate surface area is 207 Å². The molecule has 6 bridgehead atoms. The third-order valence-electron chi connectivity index (χ3n) is 6.25. The van der Waals surface area contributed by atoms with E-state index in [0.717, 1.165) is 22.9 Å². The van der Waals surface area contributed by atoms with E-state index in [9.17, 15) is 14.4 Å². The molecule has 1 atom stereocenters. The predicted molar refractivity (Wildman–Crippen MR) is 129 cm³/mol. The van der Waals surface area contributed by atoms with Crippen molar-refractivity contribution < 1.29 is 23.8 Å². The number of H-pyrrole nitrogens is 1. The van der Waals surface area contributed by atoms with E-state index in [0.29, 0.717) is 49.8 Å². The van der Waals surface area contributed by atoms with Gasteiger partial charge < -0.3 is 29.4 Å². The summed E-state index contributed by atoms with van der Waals surface area (Å²) in [5, 5.41) is 2.83. The van der Waals surface area contributed by atoms with Crippen LogP contribution in [0, 0.1) is 0 Å². The molecule has 0 aliphatic carbocycles. The Hall–Kier alpha value is -4.34. The molecular formula is C26H26N4O6. The molecule has 2 amide bonds. The number of nitrogens with zero attached hydrogens (tertiary/aromatic N) is 2. The summed E-state index contributed by atoms with van der Waals surface area (Å²) in [7, 11) is 1.53. The summed E-state index contributed by atoms with van der Waals surface area (Å²) < 4.78 is 17.3. The molecule has 3 aromatic rings. The van der Waals surface area contributed by atoms with Gasteiger partial charge >= 0.3 is 0 Å². The van der Waals surface area contributed by atoms with Crippen molar-refractivity contribution in [2.75, 3.05) is 33.4 Å². The zero-order valence-electron chi connectivity index (χ0n) is 19.8. The van der Waals surface area contributed by atoms with E-state index in [-0.39, 0.29) is 29.7 Å². The molecule has 1 aromatic heterocycles. The number of hydrogen-bond donors (Lipinski definition) is 2. The molecule has 0 radical (unpaired) electrons. The average molecular weight is 491 g/mol. The fourth-order valence-corrected chi connectivity index (χ4v) is 4.54. The highest BCUT2D eigenvalue weighted by Gasteiger charge is 2.34. The van der Waals surface area contributed by atoms with Crippen molar-refractivity contribution in [3.63, 3.8) is 0 Å². The molecule has 2 N–H and O–H groups in total. The number of carbonyl (C=O) groups excluding carboxylic acids is 2. The summed E-state index contributed by atoms with van der Waals surface area (Å²) >= 11 is 0. The van der Waals surface area contributed by atoms with Crippen molar-refractivity contribution in [2.24, 2.45) is 0 Å². The van der Waals surface area contributed by atoms with Gasteiger partial charge in [-0.15, -0.1) is 0 Å². The lowest BCUT2D eigenvalue weighted by Crippen LogP contribution is -2.41. The van der Waals surface area contributed by atoms with Crippen LogP contribution in [0.15, 0.2) is 53.6 Å². The lowest BCUT2D eigenvalue weighted by atomic mass is 9.87. The number of nitrogens with one attached hydrogen (secondary N) is 2. The molecular weight excluding hydrogens is 464 g/mol. The molecule has 10 heteroatoms. The molecule has 4 heterocycles. The van der Waals surface area contributed by atoms with Crippen LogP contribution < -0.4 is 25.1 Å². The van der Waals surface area contributed by atoms with Crippen LogP contribution in [0.25, 0.3) is 0 Å². The Morgan fingerprint density at radius 1 is 1.19 bits per heavy atom. The van der Waals surface area contributed by atoms with Gasteiger partial charge in [-0.05, 0) is 53.8 Å². The van der Waals surface area contributed by atoms with Gasteiger partial charge in [0.25, 0.3) is 17.4 Å². The number of aromatic nitrogens is 2. The SMILES string of the molecule is COc1cc2c3cc1OCC(=O)NCCCOc1cccc(c1)C2N(C(=O)c1c[nH]c(=O)cn1)CC3. The third kappa shape index (κ3) is 4.74. The Kier molecular flexibility index (Phi) is 6.57. The second kappa shape index (κ2) is 10.1. The lowest BCUT2D eigenvalue weighted by Gasteiger charge is -2.38. The fourth-order valence-electron chi connectivity index (χ4n) is 4.54. The summed E-state index contributed by atoms with van der Waals surface area (Å²) in [6.07, 6.45) is 3.62. The minimum absolute atomic E-state index is 0.138. The molecule has 1 unspecified atom stereocenters. The summed E-state index contributed by atoms with van der Waals surface area (Å²) in [6.45, 7) is 1.15. The number of carbonyl (C=O) groups is 2. The van der Waals surface area contributed by atoms with Crippen LogP contribution in [0.1, 0.15) is 39.6 Å². The first-order valence-electron chi connectivity index (χ1n) is 11.7. The number of benzene rings is 2. The van der Waals surface area contributed by atoms with Crippen LogP contribution in [-0.2, 0) is 11.2 Å². The van der Waals surface area contributed by atoms with Crippen molar-refractivity contribution in [3.8, 4) is 17.2 Å². The number of hydrogen-bond acceptors (Lipinski definition) is 7. The second-order valence-electron chi connectivity index (χ2n) is 8.56. The topological polar surface area (TPSA) is 123 Å². The van der Waals surface area contributed by atoms with Crippen LogP contribution in [0.3, 0.4) is 0 Å². The van der Waals surface area contributed by atoms with Gasteiger partial charge in [-0.25, -0.2) is 4.98 Å². The highest BCUT2D eigenvalue weighted by molar-refractivity contribution is 5.93. The molecule has 6 rings (SSSR count). The maximum Gasteiger partial charge on any atom is 0.274 e. The maximum absolute atomic E-state index is 13.6. The van der Waals surface area contributed by atoms with Gasteiger partial charge in [-0.2, -0.15) is 0 Å². The first-order valence-corrected chi connectivity index (χ1v) is 11.7. The standard InChI is InChI=1S/C26H26N4O6/c1-34-21-12-19-16-6-8-30(26(33)20-13-29-23(31)14-28-20)25(19)17-4-2-5-18(10-17)35-9-3-7-27-24(32)15-36-22(21)11-16/h2,4-5,10-14,25H,3,6-9,15H2,1H3,(H,27,32)(H,29,31). The monoisotopic (exact) mass is 490 g/mol. The molecule has 0 saturated heterocycles. The van der Waals surface area contributed by atoms with E-state index in [1.54, 1.807) is 4.90 Å². The van der Waals surface area contributed by atoms with Gasteiger partial charge in [-0.1, -0.05) is 12.1 Å². The normalized spacial score (nSPS) is 17.5. The minimum atomic E-state index is -0.460. The zero-order chi connectivity index (χ0) is 25.1. The second-order valence-corrected chi connectivity index (χ2v) is 8.56. The van der Waals surface area contributed by atoms with Crippen LogP contribution in [-0.4, -0.2) is 60.1 Å². The molecule has 0 spiro atoms. The van der Waals surface area contributed by atoms with E-state index in [2.05, 4.69) is 15.3 Å². The van der Waals surface area contributed by atoms with Gasteiger partial charge in [0.2, 0.25) is 0 Å². The Morgan fingerprint density at radius 3 is 2.89 bits per heavy atom. The van der Waals surface area contributed by atoms with Crippen LogP contribution >= 0.6 is 0 Å². The number of amides is 2. The first kappa shape index (κ1) is 23.4. The first-order chi connectivity index (χ1) is 17.5. The highest BCUT2D eigenvalue weighted by atomic mass is 16.5. The smallest absolute Gasteiger partial charge is 0.274 e. The Balaban J connectivity index is 1.63. The number of ether oxygens (including phenoxy) is 3. The van der Waals surface area contributed by atoms with Crippen molar-refractivity contribution in [1.82, 2.24) is 20.2 Å². The Bertz CT molecular complexity index is 1330. The minimum Gasteiger partial charge on any atom is -0.494 e. The molecule has 10 nitrogen and oxygen atoms in total. The molecule has 0 fully saturated rings. The predicted octanol–water partition coefficient (Wildman–Crippen LogP) is 1.84. The number of rotatable bonds is 2. The van der Waals surface area contributed by atoms with Crippen molar-refractivity contribution in [2.45, 2.75) is 18.9 Å². The van der Waals surface area contributed by atoms with Gasteiger partial charge in [0.05, 0.1) is 26.0 Å². The van der Waals surface area contributed by atoms with Gasteiger partial charge in [0.15, 0.2) is 18.1 Å². The zero-order valence-corrected chi connectivity index (χ0v) is 19.8. The highest BCUT2D eigenvalue weighted by Crippen LogP contribution is 2.42. The van der Waals surface area contributed by atoms with E-state index in [1.807, 2.05) is 36.4 Å². The van der Waals surface area contributed by atoms with Crippen LogP contribution in [0.2, 0.25) is 0 Å².